The molecule has 7 nitrogen and oxygen atoms in total. The average molecular weight is 436 g/mol. The minimum Gasteiger partial charge on any atom is -0.497 e. The number of nitrogens with zero attached hydrogens (tertiary/aromatic N) is 3. The highest BCUT2D eigenvalue weighted by Gasteiger charge is 2.43. The summed E-state index contributed by atoms with van der Waals surface area (Å²) in [5.74, 6) is 0.766. The zero-order valence-corrected chi connectivity index (χ0v) is 17.6. The minimum atomic E-state index is -3.61. The molecule has 2 aliphatic heterocycles. The molecule has 0 radical (unpaired) electrons. The number of halogens is 1. The maximum Gasteiger partial charge on any atom is 0.320 e. The number of hydrogen-bond donors (Lipinski definition) is 0. The highest BCUT2D eigenvalue weighted by Crippen LogP contribution is 2.27. The molecule has 2 fully saturated rings. The van der Waals surface area contributed by atoms with Crippen molar-refractivity contribution in [3.8, 4) is 5.75 Å². The number of ether oxygens (including phenoxy) is 1. The number of piperazine rings is 1. The Morgan fingerprint density at radius 2 is 1.72 bits per heavy atom. The van der Waals surface area contributed by atoms with Gasteiger partial charge in [-0.2, -0.15) is 4.31 Å². The molecule has 2 aliphatic rings. The van der Waals surface area contributed by atoms with Crippen molar-refractivity contribution in [3.63, 3.8) is 0 Å². The monoisotopic (exact) mass is 435 g/mol. The van der Waals surface area contributed by atoms with Gasteiger partial charge < -0.3 is 14.5 Å². The van der Waals surface area contributed by atoms with Crippen LogP contribution in [0.4, 0.5) is 4.79 Å². The largest absolute Gasteiger partial charge is 0.497 e. The van der Waals surface area contributed by atoms with Gasteiger partial charge in [-0.25, -0.2) is 13.2 Å². The second-order valence-electron chi connectivity index (χ2n) is 7.18. The van der Waals surface area contributed by atoms with Crippen LogP contribution in [-0.2, 0) is 16.6 Å². The topological polar surface area (TPSA) is 70.2 Å². The quantitative estimate of drug-likeness (QED) is 0.724. The van der Waals surface area contributed by atoms with Gasteiger partial charge in [-0.05, 0) is 42.0 Å². The molecule has 2 aromatic carbocycles. The first-order chi connectivity index (χ1) is 13.9. The first kappa shape index (κ1) is 20.0. The molecule has 0 aromatic heterocycles. The van der Waals surface area contributed by atoms with Crippen molar-refractivity contribution >= 4 is 27.7 Å². The van der Waals surface area contributed by atoms with Crippen molar-refractivity contribution in [1.29, 1.82) is 0 Å². The molecule has 0 bridgehead atoms. The van der Waals surface area contributed by atoms with Gasteiger partial charge >= 0.3 is 6.03 Å². The highest BCUT2D eigenvalue weighted by atomic mass is 35.5. The van der Waals surface area contributed by atoms with Crippen LogP contribution in [0.2, 0.25) is 5.02 Å². The number of sulfonamides is 1. The van der Waals surface area contributed by atoms with E-state index in [4.69, 9.17) is 16.3 Å². The summed E-state index contributed by atoms with van der Waals surface area (Å²) in [5.41, 5.74) is 1.00. The Balaban J connectivity index is 1.45. The number of benzene rings is 2. The molecule has 0 saturated carbocycles. The number of methoxy groups -OCH3 is 1. The number of hydrogen-bond acceptors (Lipinski definition) is 4. The van der Waals surface area contributed by atoms with E-state index in [2.05, 4.69) is 0 Å². The molecular weight excluding hydrogens is 414 g/mol. The Bertz CT molecular complexity index is 995. The molecule has 0 N–H and O–H groups in total. The zero-order chi connectivity index (χ0) is 20.6. The number of amides is 2. The zero-order valence-electron chi connectivity index (χ0n) is 16.0. The molecule has 2 heterocycles. The summed E-state index contributed by atoms with van der Waals surface area (Å²) < 4.78 is 32.5. The summed E-state index contributed by atoms with van der Waals surface area (Å²) in [6.45, 7) is 1.94. The fourth-order valence-electron chi connectivity index (χ4n) is 3.81. The average Bonchev–Trinajstić information content (AvgIpc) is 3.04. The molecule has 0 aliphatic carbocycles. The first-order valence-electron chi connectivity index (χ1n) is 9.32. The standard InChI is InChI=1S/C20H22ClN3O4S/c1-28-18-6-2-15(3-7-18)12-22-13-17-14-23(10-11-24(17)20(22)25)29(26,27)19-8-4-16(21)5-9-19/h2-9,17H,10-14H2,1H3/t17-/m0/s1. The predicted octanol–water partition coefficient (Wildman–Crippen LogP) is 2.66. The molecule has 29 heavy (non-hydrogen) atoms. The third-order valence-corrected chi connectivity index (χ3v) is 7.51. The van der Waals surface area contributed by atoms with Crippen molar-refractivity contribution < 1.29 is 17.9 Å². The SMILES string of the molecule is COc1ccc(CN2C[C@H]3CN(S(=O)(=O)c4ccc(Cl)cc4)CCN3C2=O)cc1. The van der Waals surface area contributed by atoms with Gasteiger partial charge in [0.1, 0.15) is 5.75 Å². The Morgan fingerprint density at radius 3 is 2.38 bits per heavy atom. The minimum absolute atomic E-state index is 0.0469. The van der Waals surface area contributed by atoms with Gasteiger partial charge in [0.05, 0.1) is 18.0 Å². The lowest BCUT2D eigenvalue weighted by Crippen LogP contribution is -2.53. The van der Waals surface area contributed by atoms with E-state index in [9.17, 15) is 13.2 Å². The summed E-state index contributed by atoms with van der Waals surface area (Å²) in [4.78, 5) is 16.5. The lowest BCUT2D eigenvalue weighted by Gasteiger charge is -2.35. The van der Waals surface area contributed by atoms with Crippen molar-refractivity contribution in [2.75, 3.05) is 33.3 Å². The molecule has 154 valence electrons. The molecule has 2 aromatic rings. The lowest BCUT2D eigenvalue weighted by atomic mass is 10.2. The van der Waals surface area contributed by atoms with E-state index in [1.807, 2.05) is 24.3 Å². The number of fused-ring (bicyclic) bond motifs is 1. The second-order valence-corrected chi connectivity index (χ2v) is 9.55. The van der Waals surface area contributed by atoms with E-state index in [1.165, 1.54) is 16.4 Å². The van der Waals surface area contributed by atoms with Crippen LogP contribution < -0.4 is 4.74 Å². The fraction of sp³-hybridized carbons (Fsp3) is 0.350. The number of rotatable bonds is 5. The predicted molar refractivity (Wildman–Crippen MR) is 110 cm³/mol. The van der Waals surface area contributed by atoms with Crippen LogP contribution in [0, 0.1) is 0 Å². The number of urea groups is 1. The van der Waals surface area contributed by atoms with Crippen molar-refractivity contribution in [1.82, 2.24) is 14.1 Å². The van der Waals surface area contributed by atoms with Crippen molar-refractivity contribution in [2.24, 2.45) is 0 Å². The third kappa shape index (κ3) is 3.92. The van der Waals surface area contributed by atoms with E-state index < -0.39 is 10.0 Å². The van der Waals surface area contributed by atoms with E-state index >= 15 is 0 Å². The summed E-state index contributed by atoms with van der Waals surface area (Å²) >= 11 is 5.87. The molecule has 4 rings (SSSR count). The van der Waals surface area contributed by atoms with E-state index in [0.717, 1.165) is 11.3 Å². The van der Waals surface area contributed by atoms with Gasteiger partial charge in [0, 0.05) is 37.7 Å². The maximum atomic E-state index is 13.0. The molecule has 2 saturated heterocycles. The molecule has 2 amide bonds. The summed E-state index contributed by atoms with van der Waals surface area (Å²) in [5, 5.41) is 0.490. The van der Waals surface area contributed by atoms with Gasteiger partial charge in [0.25, 0.3) is 0 Å². The van der Waals surface area contributed by atoms with Crippen LogP contribution in [0.25, 0.3) is 0 Å². The van der Waals surface area contributed by atoms with Gasteiger partial charge in [0.15, 0.2) is 0 Å². The van der Waals surface area contributed by atoms with Crippen LogP contribution in [-0.4, -0.2) is 67.9 Å². The highest BCUT2D eigenvalue weighted by molar-refractivity contribution is 7.89. The summed E-state index contributed by atoms with van der Waals surface area (Å²) in [7, 11) is -2.00. The Kier molecular flexibility index (Phi) is 5.42. The normalized spacial score (nSPS) is 20.1. The number of carbonyl (C=O) groups is 1. The third-order valence-electron chi connectivity index (χ3n) is 5.38. The van der Waals surface area contributed by atoms with E-state index in [1.54, 1.807) is 29.0 Å². The molecular formula is C20H22ClN3O4S. The summed E-state index contributed by atoms with van der Waals surface area (Å²) in [6, 6.07) is 13.6. The Hall–Kier alpha value is -2.29. The fourth-order valence-corrected chi connectivity index (χ4v) is 5.40. The van der Waals surface area contributed by atoms with E-state index in [0.29, 0.717) is 24.7 Å². The molecule has 0 spiro atoms. The van der Waals surface area contributed by atoms with Gasteiger partial charge in [-0.3, -0.25) is 0 Å². The second kappa shape index (κ2) is 7.85. The van der Waals surface area contributed by atoms with Crippen LogP contribution in [0.3, 0.4) is 0 Å². The van der Waals surface area contributed by atoms with Crippen molar-refractivity contribution in [3.05, 3.63) is 59.1 Å². The first-order valence-corrected chi connectivity index (χ1v) is 11.1. The molecule has 0 unspecified atom stereocenters. The number of carbonyl (C=O) groups excluding carboxylic acids is 1. The van der Waals surface area contributed by atoms with E-state index in [-0.39, 0.29) is 30.1 Å². The maximum absolute atomic E-state index is 13.0. The van der Waals surface area contributed by atoms with Crippen LogP contribution in [0.1, 0.15) is 5.56 Å². The smallest absolute Gasteiger partial charge is 0.320 e. The van der Waals surface area contributed by atoms with Crippen LogP contribution in [0.5, 0.6) is 5.75 Å². The molecule has 1 atom stereocenters. The van der Waals surface area contributed by atoms with Gasteiger partial charge in [0.2, 0.25) is 10.0 Å². The van der Waals surface area contributed by atoms with Gasteiger partial charge in [-0.15, -0.1) is 0 Å². The van der Waals surface area contributed by atoms with Crippen LogP contribution in [0.15, 0.2) is 53.4 Å². The lowest BCUT2D eigenvalue weighted by molar-refractivity contribution is 0.159. The summed E-state index contributed by atoms with van der Waals surface area (Å²) in [6.07, 6.45) is 0. The van der Waals surface area contributed by atoms with Crippen LogP contribution >= 0.6 is 11.6 Å². The molecule has 9 heteroatoms. The Morgan fingerprint density at radius 1 is 1.03 bits per heavy atom. The van der Waals surface area contributed by atoms with Gasteiger partial charge in [-0.1, -0.05) is 23.7 Å². The van der Waals surface area contributed by atoms with Crippen molar-refractivity contribution in [2.45, 2.75) is 17.5 Å². The Labute approximate surface area is 175 Å².